The molecular formula is C18H22ClN3O3S. The summed E-state index contributed by atoms with van der Waals surface area (Å²) in [4.78, 5) is 11.4. The summed E-state index contributed by atoms with van der Waals surface area (Å²) in [6, 6.07) is 3.79. The third-order valence-corrected chi connectivity index (χ3v) is 5.23. The average Bonchev–Trinajstić information content (AvgIpc) is 3.00. The fourth-order valence-corrected chi connectivity index (χ4v) is 3.32. The molecule has 8 heteroatoms. The first-order valence-electron chi connectivity index (χ1n) is 8.04. The minimum absolute atomic E-state index is 0.163. The van der Waals surface area contributed by atoms with Crippen LogP contribution in [0.1, 0.15) is 30.0 Å². The third-order valence-electron chi connectivity index (χ3n) is 3.69. The molecule has 26 heavy (non-hydrogen) atoms. The van der Waals surface area contributed by atoms with Gasteiger partial charge in [-0.05, 0) is 44.0 Å². The van der Waals surface area contributed by atoms with E-state index in [1.807, 2.05) is 37.5 Å². The summed E-state index contributed by atoms with van der Waals surface area (Å²) in [7, 11) is 1.36. The molecule has 0 aliphatic rings. The Kier molecular flexibility index (Phi) is 7.11. The smallest absolute Gasteiger partial charge is 0.316 e. The highest BCUT2D eigenvalue weighted by molar-refractivity contribution is 7.99. The third kappa shape index (κ3) is 4.80. The van der Waals surface area contributed by atoms with Crippen molar-refractivity contribution < 1.29 is 14.3 Å². The number of aryl methyl sites for hydroxylation is 2. The van der Waals surface area contributed by atoms with Crippen LogP contribution in [-0.4, -0.2) is 33.6 Å². The fourth-order valence-electron chi connectivity index (χ4n) is 2.42. The summed E-state index contributed by atoms with van der Waals surface area (Å²) in [5.41, 5.74) is 1.91. The number of halogens is 1. The number of allylic oxidation sites excluding steroid dienone is 1. The van der Waals surface area contributed by atoms with Gasteiger partial charge in [0.15, 0.2) is 17.1 Å². The normalized spacial score (nSPS) is 11.9. The maximum absolute atomic E-state index is 11.4. The number of carbonyl (C=O) groups is 1. The van der Waals surface area contributed by atoms with Gasteiger partial charge >= 0.3 is 5.97 Å². The number of ether oxygens (including phenoxy) is 2. The molecule has 0 saturated carbocycles. The van der Waals surface area contributed by atoms with Gasteiger partial charge < -0.3 is 9.47 Å². The lowest BCUT2D eigenvalue weighted by molar-refractivity contribution is -0.137. The zero-order chi connectivity index (χ0) is 19.3. The van der Waals surface area contributed by atoms with Gasteiger partial charge in [0, 0.05) is 11.6 Å². The molecular weight excluding hydrogens is 374 g/mol. The maximum atomic E-state index is 11.4. The molecule has 1 aromatic heterocycles. The number of benzene rings is 1. The van der Waals surface area contributed by atoms with Crippen molar-refractivity contribution in [3.63, 3.8) is 0 Å². The minimum Gasteiger partial charge on any atom is -0.483 e. The summed E-state index contributed by atoms with van der Waals surface area (Å²) in [6.07, 6.45) is 1.41. The van der Waals surface area contributed by atoms with E-state index in [1.165, 1.54) is 18.9 Å². The second-order valence-corrected chi connectivity index (χ2v) is 7.06. The van der Waals surface area contributed by atoms with Crippen molar-refractivity contribution in [3.05, 3.63) is 46.8 Å². The SMILES string of the molecule is C=CCn1c(SCC(=O)OC)nnc1C(C)Oc1cc(C)c(Cl)c(C)c1. The van der Waals surface area contributed by atoms with Crippen LogP contribution < -0.4 is 4.74 Å². The van der Waals surface area contributed by atoms with Gasteiger partial charge in [-0.1, -0.05) is 29.4 Å². The zero-order valence-corrected chi connectivity index (χ0v) is 16.9. The van der Waals surface area contributed by atoms with E-state index in [9.17, 15) is 4.79 Å². The number of aromatic nitrogens is 3. The Labute approximate surface area is 162 Å². The standard InChI is InChI=1S/C18H22ClN3O3S/c1-6-7-22-17(20-21-18(22)26-10-15(23)24-5)13(4)25-14-8-11(2)16(19)12(3)9-14/h6,8-9,13H,1,7,10H2,2-5H3. The first-order chi connectivity index (χ1) is 12.4. The van der Waals surface area contributed by atoms with Crippen molar-refractivity contribution in [2.45, 2.75) is 38.6 Å². The summed E-state index contributed by atoms with van der Waals surface area (Å²) in [5, 5.41) is 9.76. The van der Waals surface area contributed by atoms with E-state index in [4.69, 9.17) is 16.3 Å². The molecule has 2 rings (SSSR count). The van der Waals surface area contributed by atoms with Crippen LogP contribution in [0.2, 0.25) is 5.02 Å². The lowest BCUT2D eigenvalue weighted by atomic mass is 10.1. The second kappa shape index (κ2) is 9.09. The van der Waals surface area contributed by atoms with Crippen molar-refractivity contribution in [2.75, 3.05) is 12.9 Å². The number of rotatable bonds is 8. The van der Waals surface area contributed by atoms with Gasteiger partial charge in [-0.25, -0.2) is 0 Å². The Bertz CT molecular complexity index is 784. The predicted molar refractivity (Wildman–Crippen MR) is 103 cm³/mol. The van der Waals surface area contributed by atoms with E-state index in [-0.39, 0.29) is 17.8 Å². The van der Waals surface area contributed by atoms with Crippen LogP contribution in [0.25, 0.3) is 0 Å². The molecule has 6 nitrogen and oxygen atoms in total. The summed E-state index contributed by atoms with van der Waals surface area (Å²) in [5.74, 6) is 1.22. The minimum atomic E-state index is -0.338. The number of methoxy groups -OCH3 is 1. The number of hydrogen-bond donors (Lipinski definition) is 0. The van der Waals surface area contributed by atoms with Crippen LogP contribution in [0, 0.1) is 13.8 Å². The number of esters is 1. The molecule has 2 aromatic rings. The lowest BCUT2D eigenvalue weighted by Crippen LogP contribution is -2.13. The van der Waals surface area contributed by atoms with Crippen molar-refractivity contribution in [2.24, 2.45) is 0 Å². The van der Waals surface area contributed by atoms with Gasteiger partial charge in [-0.15, -0.1) is 16.8 Å². The van der Waals surface area contributed by atoms with E-state index in [0.29, 0.717) is 23.3 Å². The average molecular weight is 396 g/mol. The van der Waals surface area contributed by atoms with Crippen LogP contribution >= 0.6 is 23.4 Å². The van der Waals surface area contributed by atoms with Gasteiger partial charge in [-0.2, -0.15) is 0 Å². The Hall–Kier alpha value is -1.99. The van der Waals surface area contributed by atoms with E-state index in [0.717, 1.165) is 16.1 Å². The molecule has 1 unspecified atom stereocenters. The van der Waals surface area contributed by atoms with Crippen molar-refractivity contribution in [3.8, 4) is 5.75 Å². The van der Waals surface area contributed by atoms with Crippen molar-refractivity contribution in [1.82, 2.24) is 14.8 Å². The molecule has 0 N–H and O–H groups in total. The van der Waals surface area contributed by atoms with Crippen LogP contribution in [0.4, 0.5) is 0 Å². The molecule has 0 radical (unpaired) electrons. The number of hydrogen-bond acceptors (Lipinski definition) is 6. The van der Waals surface area contributed by atoms with E-state index in [2.05, 4.69) is 21.5 Å². The highest BCUT2D eigenvalue weighted by atomic mass is 35.5. The number of carbonyl (C=O) groups excluding carboxylic acids is 1. The number of thioether (sulfide) groups is 1. The molecule has 0 bridgehead atoms. The Morgan fingerprint density at radius 3 is 2.62 bits per heavy atom. The van der Waals surface area contributed by atoms with Gasteiger partial charge in [0.2, 0.25) is 0 Å². The Morgan fingerprint density at radius 2 is 2.04 bits per heavy atom. The van der Waals surface area contributed by atoms with Gasteiger partial charge in [0.05, 0.1) is 12.9 Å². The van der Waals surface area contributed by atoms with Crippen molar-refractivity contribution in [1.29, 1.82) is 0 Å². The largest absolute Gasteiger partial charge is 0.483 e. The Balaban J connectivity index is 2.22. The molecule has 0 aliphatic heterocycles. The van der Waals surface area contributed by atoms with Crippen LogP contribution in [0.5, 0.6) is 5.75 Å². The highest BCUT2D eigenvalue weighted by Gasteiger charge is 2.20. The van der Waals surface area contributed by atoms with Crippen molar-refractivity contribution >= 4 is 29.3 Å². The highest BCUT2D eigenvalue weighted by Crippen LogP contribution is 2.29. The molecule has 1 atom stereocenters. The monoisotopic (exact) mass is 395 g/mol. The fraction of sp³-hybridized carbons (Fsp3) is 0.389. The number of nitrogens with zero attached hydrogens (tertiary/aromatic N) is 3. The van der Waals surface area contributed by atoms with E-state index >= 15 is 0 Å². The van der Waals surface area contributed by atoms with Gasteiger partial charge in [0.1, 0.15) is 5.75 Å². The first kappa shape index (κ1) is 20.3. The quantitative estimate of drug-likeness (QED) is 0.380. The molecule has 0 amide bonds. The van der Waals surface area contributed by atoms with Crippen LogP contribution in [-0.2, 0) is 16.1 Å². The van der Waals surface area contributed by atoms with Crippen LogP contribution in [0.3, 0.4) is 0 Å². The van der Waals surface area contributed by atoms with Gasteiger partial charge in [0.25, 0.3) is 0 Å². The zero-order valence-electron chi connectivity index (χ0n) is 15.3. The first-order valence-corrected chi connectivity index (χ1v) is 9.40. The Morgan fingerprint density at radius 1 is 1.38 bits per heavy atom. The maximum Gasteiger partial charge on any atom is 0.316 e. The molecule has 140 valence electrons. The molecule has 1 heterocycles. The molecule has 0 fully saturated rings. The van der Waals surface area contributed by atoms with E-state index in [1.54, 1.807) is 6.08 Å². The molecule has 0 spiro atoms. The molecule has 0 aliphatic carbocycles. The topological polar surface area (TPSA) is 66.2 Å². The predicted octanol–water partition coefficient (Wildman–Crippen LogP) is 4.14. The van der Waals surface area contributed by atoms with Crippen LogP contribution in [0.15, 0.2) is 29.9 Å². The summed E-state index contributed by atoms with van der Waals surface area (Å²) >= 11 is 7.48. The molecule has 1 aromatic carbocycles. The summed E-state index contributed by atoms with van der Waals surface area (Å²) < 4.78 is 12.6. The molecule has 0 saturated heterocycles. The second-order valence-electron chi connectivity index (χ2n) is 5.74. The summed E-state index contributed by atoms with van der Waals surface area (Å²) in [6.45, 7) is 10.1. The van der Waals surface area contributed by atoms with E-state index < -0.39 is 0 Å². The lowest BCUT2D eigenvalue weighted by Gasteiger charge is -2.17. The van der Waals surface area contributed by atoms with Gasteiger partial charge in [-0.3, -0.25) is 9.36 Å².